The summed E-state index contributed by atoms with van der Waals surface area (Å²) < 4.78 is 0. The fourth-order valence-corrected chi connectivity index (χ4v) is 2.92. The number of aliphatic hydroxyl groups excluding tert-OH is 1. The van der Waals surface area contributed by atoms with E-state index in [0.717, 1.165) is 18.5 Å². The number of anilines is 2. The minimum absolute atomic E-state index is 0.0218. The van der Waals surface area contributed by atoms with E-state index in [9.17, 15) is 14.7 Å². The molecule has 0 spiro atoms. The molecule has 0 saturated carbocycles. The highest BCUT2D eigenvalue weighted by Gasteiger charge is 2.27. The standard InChI is InChI=1S/C19H21N3O3/c23-13-17-7-4-12-22(17)19(25)21-16-10-8-14(9-11-16)18(24)20-15-5-2-1-3-6-15/h1-3,5-6,8-11,17,23H,4,7,12-13H2,(H,20,24)(H,21,25)/t17-/m1/s1. The van der Waals surface area contributed by atoms with E-state index in [1.165, 1.54) is 0 Å². The number of hydrogen-bond acceptors (Lipinski definition) is 3. The Balaban J connectivity index is 1.60. The van der Waals surface area contributed by atoms with Gasteiger partial charge in [0.15, 0.2) is 0 Å². The number of aliphatic hydroxyl groups is 1. The van der Waals surface area contributed by atoms with Gasteiger partial charge in [-0.1, -0.05) is 18.2 Å². The van der Waals surface area contributed by atoms with Crippen LogP contribution in [0.15, 0.2) is 54.6 Å². The number of carbonyl (C=O) groups is 2. The Morgan fingerprint density at radius 3 is 2.36 bits per heavy atom. The molecule has 1 heterocycles. The number of carbonyl (C=O) groups excluding carboxylic acids is 2. The van der Waals surface area contributed by atoms with E-state index in [1.807, 2.05) is 30.3 Å². The molecular weight excluding hydrogens is 318 g/mol. The number of para-hydroxylation sites is 1. The Kier molecular flexibility index (Phi) is 5.30. The Labute approximate surface area is 146 Å². The normalized spacial score (nSPS) is 16.5. The van der Waals surface area contributed by atoms with Crippen LogP contribution in [0.25, 0.3) is 0 Å². The molecule has 3 N–H and O–H groups in total. The summed E-state index contributed by atoms with van der Waals surface area (Å²) in [4.78, 5) is 26.1. The summed E-state index contributed by atoms with van der Waals surface area (Å²) in [7, 11) is 0. The van der Waals surface area contributed by atoms with Crippen LogP contribution >= 0.6 is 0 Å². The van der Waals surface area contributed by atoms with Gasteiger partial charge >= 0.3 is 6.03 Å². The molecule has 0 bridgehead atoms. The van der Waals surface area contributed by atoms with Crippen molar-refractivity contribution in [3.63, 3.8) is 0 Å². The van der Waals surface area contributed by atoms with Gasteiger partial charge in [-0.05, 0) is 49.2 Å². The van der Waals surface area contributed by atoms with Crippen molar-refractivity contribution in [1.82, 2.24) is 4.90 Å². The van der Waals surface area contributed by atoms with Crippen molar-refractivity contribution >= 4 is 23.3 Å². The third-order valence-corrected chi connectivity index (χ3v) is 4.28. The maximum Gasteiger partial charge on any atom is 0.322 e. The van der Waals surface area contributed by atoms with Gasteiger partial charge in [-0.15, -0.1) is 0 Å². The van der Waals surface area contributed by atoms with Crippen molar-refractivity contribution in [2.24, 2.45) is 0 Å². The van der Waals surface area contributed by atoms with Crippen LogP contribution in [0.2, 0.25) is 0 Å². The maximum atomic E-state index is 12.3. The van der Waals surface area contributed by atoms with Gasteiger partial charge in [-0.3, -0.25) is 4.79 Å². The van der Waals surface area contributed by atoms with Gasteiger partial charge in [-0.2, -0.15) is 0 Å². The lowest BCUT2D eigenvalue weighted by Gasteiger charge is -2.23. The van der Waals surface area contributed by atoms with E-state index in [-0.39, 0.29) is 24.6 Å². The molecule has 0 aliphatic carbocycles. The Bertz CT molecular complexity index is 731. The topological polar surface area (TPSA) is 81.7 Å². The molecule has 6 heteroatoms. The number of likely N-dealkylation sites (tertiary alicyclic amines) is 1. The maximum absolute atomic E-state index is 12.3. The highest BCUT2D eigenvalue weighted by Crippen LogP contribution is 2.19. The Morgan fingerprint density at radius 1 is 1.00 bits per heavy atom. The second-order valence-electron chi connectivity index (χ2n) is 6.00. The molecule has 0 aromatic heterocycles. The molecule has 130 valence electrons. The largest absolute Gasteiger partial charge is 0.394 e. The van der Waals surface area contributed by atoms with Crippen molar-refractivity contribution in [2.45, 2.75) is 18.9 Å². The predicted octanol–water partition coefficient (Wildman–Crippen LogP) is 2.93. The molecule has 25 heavy (non-hydrogen) atoms. The summed E-state index contributed by atoms with van der Waals surface area (Å²) in [6.07, 6.45) is 1.72. The van der Waals surface area contributed by atoms with Crippen molar-refractivity contribution in [3.8, 4) is 0 Å². The summed E-state index contributed by atoms with van der Waals surface area (Å²) in [6.45, 7) is 0.626. The van der Waals surface area contributed by atoms with Crippen molar-refractivity contribution in [1.29, 1.82) is 0 Å². The summed E-state index contributed by atoms with van der Waals surface area (Å²) in [5.74, 6) is -0.205. The molecule has 1 saturated heterocycles. The molecule has 1 atom stereocenters. The zero-order valence-electron chi connectivity index (χ0n) is 13.8. The first kappa shape index (κ1) is 17.0. The van der Waals surface area contributed by atoms with Crippen LogP contribution in [0.3, 0.4) is 0 Å². The Morgan fingerprint density at radius 2 is 1.68 bits per heavy atom. The predicted molar refractivity (Wildman–Crippen MR) is 96.7 cm³/mol. The fraction of sp³-hybridized carbons (Fsp3) is 0.263. The van der Waals surface area contributed by atoms with Crippen molar-refractivity contribution in [2.75, 3.05) is 23.8 Å². The lowest BCUT2D eigenvalue weighted by atomic mass is 10.2. The van der Waals surface area contributed by atoms with Gasteiger partial charge in [0.25, 0.3) is 5.91 Å². The van der Waals surface area contributed by atoms with Crippen molar-refractivity contribution in [3.05, 3.63) is 60.2 Å². The highest BCUT2D eigenvalue weighted by atomic mass is 16.3. The lowest BCUT2D eigenvalue weighted by molar-refractivity contribution is 0.102. The van der Waals surface area contributed by atoms with E-state index in [1.54, 1.807) is 29.2 Å². The van der Waals surface area contributed by atoms with Crippen LogP contribution in [0, 0.1) is 0 Å². The van der Waals surface area contributed by atoms with E-state index in [4.69, 9.17) is 0 Å². The monoisotopic (exact) mass is 339 g/mol. The second-order valence-corrected chi connectivity index (χ2v) is 6.00. The van der Waals surface area contributed by atoms with Gasteiger partial charge in [-0.25, -0.2) is 4.79 Å². The number of hydrogen-bond donors (Lipinski definition) is 3. The molecular formula is C19H21N3O3. The molecule has 1 fully saturated rings. The number of nitrogens with one attached hydrogen (secondary N) is 2. The number of urea groups is 1. The van der Waals surface area contributed by atoms with Gasteiger partial charge < -0.3 is 20.6 Å². The molecule has 3 amide bonds. The number of benzene rings is 2. The quantitative estimate of drug-likeness (QED) is 0.801. The summed E-state index contributed by atoms with van der Waals surface area (Å²) in [6, 6.07) is 15.6. The SMILES string of the molecule is O=C(Nc1ccccc1)c1ccc(NC(=O)N2CCC[C@@H]2CO)cc1. The fourth-order valence-electron chi connectivity index (χ4n) is 2.92. The molecule has 2 aromatic carbocycles. The second kappa shape index (κ2) is 7.81. The van der Waals surface area contributed by atoms with Gasteiger partial charge in [0.1, 0.15) is 0 Å². The number of nitrogens with zero attached hydrogens (tertiary/aromatic N) is 1. The lowest BCUT2D eigenvalue weighted by Crippen LogP contribution is -2.40. The Hall–Kier alpha value is -2.86. The van der Waals surface area contributed by atoms with Gasteiger partial charge in [0.2, 0.25) is 0 Å². The van der Waals surface area contributed by atoms with Crippen LogP contribution in [-0.2, 0) is 0 Å². The molecule has 0 radical (unpaired) electrons. The van der Waals surface area contributed by atoms with Crippen LogP contribution in [-0.4, -0.2) is 41.1 Å². The van der Waals surface area contributed by atoms with Crippen molar-refractivity contribution < 1.29 is 14.7 Å². The van der Waals surface area contributed by atoms with Crippen LogP contribution in [0.1, 0.15) is 23.2 Å². The summed E-state index contributed by atoms with van der Waals surface area (Å²) in [5.41, 5.74) is 1.86. The average Bonchev–Trinajstić information content (AvgIpc) is 3.12. The number of rotatable bonds is 4. The average molecular weight is 339 g/mol. The zero-order chi connectivity index (χ0) is 17.6. The van der Waals surface area contributed by atoms with Gasteiger partial charge in [0.05, 0.1) is 12.6 Å². The van der Waals surface area contributed by atoms with E-state index in [2.05, 4.69) is 10.6 Å². The molecule has 3 rings (SSSR count). The molecule has 6 nitrogen and oxygen atoms in total. The smallest absolute Gasteiger partial charge is 0.322 e. The van der Waals surface area contributed by atoms with Crippen LogP contribution in [0.5, 0.6) is 0 Å². The van der Waals surface area contributed by atoms with E-state index in [0.29, 0.717) is 17.8 Å². The van der Waals surface area contributed by atoms with Crippen LogP contribution in [0.4, 0.5) is 16.2 Å². The zero-order valence-corrected chi connectivity index (χ0v) is 13.8. The third-order valence-electron chi connectivity index (χ3n) is 4.28. The van der Waals surface area contributed by atoms with E-state index < -0.39 is 0 Å². The number of amides is 3. The first-order valence-electron chi connectivity index (χ1n) is 8.32. The summed E-state index contributed by atoms with van der Waals surface area (Å²) in [5, 5.41) is 14.9. The molecule has 1 aliphatic rings. The third kappa shape index (κ3) is 4.16. The van der Waals surface area contributed by atoms with Gasteiger partial charge in [0, 0.05) is 23.5 Å². The van der Waals surface area contributed by atoms with Crippen LogP contribution < -0.4 is 10.6 Å². The molecule has 0 unspecified atom stereocenters. The minimum atomic E-state index is -0.224. The highest BCUT2D eigenvalue weighted by molar-refractivity contribution is 6.04. The summed E-state index contributed by atoms with van der Waals surface area (Å²) >= 11 is 0. The molecule has 2 aromatic rings. The first-order valence-corrected chi connectivity index (χ1v) is 8.32. The molecule has 1 aliphatic heterocycles. The minimum Gasteiger partial charge on any atom is -0.394 e. The first-order chi connectivity index (χ1) is 12.2. The van der Waals surface area contributed by atoms with E-state index >= 15 is 0 Å².